The standard InChI is InChI=1S/C14H26N2O4S/c1-11-7-4-5-9-15(11)21(19,20)16-10-6-8-14(2,3)12(16)13(17)18/h11-12H,4-10H2,1-3H3,(H,17,18). The van der Waals surface area contributed by atoms with Gasteiger partial charge in [0.25, 0.3) is 10.2 Å². The number of rotatable bonds is 3. The molecule has 0 spiro atoms. The van der Waals surface area contributed by atoms with Gasteiger partial charge in [-0.05, 0) is 38.0 Å². The normalized spacial score (nSPS) is 32.0. The van der Waals surface area contributed by atoms with Crippen molar-refractivity contribution in [3.63, 3.8) is 0 Å². The van der Waals surface area contributed by atoms with E-state index in [1.54, 1.807) is 0 Å². The lowest BCUT2D eigenvalue weighted by atomic mass is 9.77. The van der Waals surface area contributed by atoms with E-state index in [0.717, 1.165) is 25.7 Å². The smallest absolute Gasteiger partial charge is 0.322 e. The minimum absolute atomic E-state index is 0.0526. The third-order valence-corrected chi connectivity index (χ3v) is 6.92. The fourth-order valence-electron chi connectivity index (χ4n) is 3.60. The molecule has 2 rings (SSSR count). The molecule has 0 amide bonds. The molecule has 0 aromatic rings. The Morgan fingerprint density at radius 1 is 1.14 bits per heavy atom. The van der Waals surface area contributed by atoms with E-state index in [-0.39, 0.29) is 6.04 Å². The van der Waals surface area contributed by atoms with E-state index < -0.39 is 27.6 Å². The van der Waals surface area contributed by atoms with E-state index in [9.17, 15) is 18.3 Å². The van der Waals surface area contributed by atoms with Crippen LogP contribution in [0.4, 0.5) is 0 Å². The van der Waals surface area contributed by atoms with Gasteiger partial charge < -0.3 is 5.11 Å². The first kappa shape index (κ1) is 16.7. The highest BCUT2D eigenvalue weighted by atomic mass is 32.2. The fraction of sp³-hybridized carbons (Fsp3) is 0.929. The summed E-state index contributed by atoms with van der Waals surface area (Å²) in [7, 11) is -3.71. The van der Waals surface area contributed by atoms with Crippen LogP contribution in [0.2, 0.25) is 0 Å². The molecule has 2 aliphatic rings. The zero-order chi connectivity index (χ0) is 15.8. The molecule has 0 aromatic carbocycles. The Bertz CT molecular complexity index is 503. The van der Waals surface area contributed by atoms with E-state index >= 15 is 0 Å². The quantitative estimate of drug-likeness (QED) is 0.859. The number of aliphatic carboxylic acids is 1. The van der Waals surface area contributed by atoms with Crippen LogP contribution in [0.5, 0.6) is 0 Å². The Balaban J connectivity index is 2.34. The summed E-state index contributed by atoms with van der Waals surface area (Å²) in [4.78, 5) is 11.7. The minimum Gasteiger partial charge on any atom is -0.480 e. The first-order valence-electron chi connectivity index (χ1n) is 7.69. The Morgan fingerprint density at radius 3 is 2.33 bits per heavy atom. The Morgan fingerprint density at radius 2 is 1.76 bits per heavy atom. The predicted octanol–water partition coefficient (Wildman–Crippen LogP) is 1.68. The molecular formula is C14H26N2O4S. The van der Waals surface area contributed by atoms with E-state index in [2.05, 4.69) is 0 Å². The molecule has 2 unspecified atom stereocenters. The van der Waals surface area contributed by atoms with Crippen LogP contribution >= 0.6 is 0 Å². The lowest BCUT2D eigenvalue weighted by Crippen LogP contribution is -2.60. The van der Waals surface area contributed by atoms with Gasteiger partial charge in [-0.2, -0.15) is 17.0 Å². The average Bonchev–Trinajstić information content (AvgIpc) is 2.37. The van der Waals surface area contributed by atoms with E-state index in [1.165, 1.54) is 8.61 Å². The molecule has 2 heterocycles. The lowest BCUT2D eigenvalue weighted by Gasteiger charge is -2.46. The van der Waals surface area contributed by atoms with Crippen molar-refractivity contribution in [2.24, 2.45) is 5.41 Å². The maximum Gasteiger partial charge on any atom is 0.322 e. The third kappa shape index (κ3) is 3.10. The van der Waals surface area contributed by atoms with Crippen molar-refractivity contribution in [2.45, 2.75) is 65.0 Å². The van der Waals surface area contributed by atoms with Gasteiger partial charge in [-0.3, -0.25) is 4.79 Å². The van der Waals surface area contributed by atoms with Crippen molar-refractivity contribution in [1.82, 2.24) is 8.61 Å². The van der Waals surface area contributed by atoms with Gasteiger partial charge in [0.15, 0.2) is 0 Å². The van der Waals surface area contributed by atoms with Crippen LogP contribution in [-0.2, 0) is 15.0 Å². The van der Waals surface area contributed by atoms with Crippen LogP contribution in [0, 0.1) is 5.41 Å². The molecule has 0 bridgehead atoms. The maximum absolute atomic E-state index is 12.9. The Labute approximate surface area is 127 Å². The van der Waals surface area contributed by atoms with Gasteiger partial charge in [-0.25, -0.2) is 0 Å². The number of carbonyl (C=O) groups is 1. The topological polar surface area (TPSA) is 77.9 Å². The molecule has 122 valence electrons. The van der Waals surface area contributed by atoms with Gasteiger partial charge in [0.05, 0.1) is 0 Å². The van der Waals surface area contributed by atoms with Gasteiger partial charge in [-0.1, -0.05) is 20.3 Å². The first-order chi connectivity index (χ1) is 9.68. The average molecular weight is 318 g/mol. The molecule has 1 N–H and O–H groups in total. The number of hydrogen-bond donors (Lipinski definition) is 1. The van der Waals surface area contributed by atoms with Crippen LogP contribution in [0.3, 0.4) is 0 Å². The third-order valence-electron chi connectivity index (χ3n) is 4.80. The summed E-state index contributed by atoms with van der Waals surface area (Å²) in [5.74, 6) is -1.05. The SMILES string of the molecule is CC1CCCCN1S(=O)(=O)N1CCCC(C)(C)C1C(=O)O. The second-order valence-corrected chi connectivity index (χ2v) is 8.74. The number of piperidine rings is 2. The summed E-state index contributed by atoms with van der Waals surface area (Å²) in [6.45, 7) is 6.38. The monoisotopic (exact) mass is 318 g/mol. The molecule has 2 aliphatic heterocycles. The highest BCUT2D eigenvalue weighted by molar-refractivity contribution is 7.86. The summed E-state index contributed by atoms with van der Waals surface area (Å²) in [6.07, 6.45) is 4.15. The van der Waals surface area contributed by atoms with Gasteiger partial charge in [-0.15, -0.1) is 0 Å². The number of hydrogen-bond acceptors (Lipinski definition) is 3. The van der Waals surface area contributed by atoms with Crippen molar-refractivity contribution in [3.05, 3.63) is 0 Å². The largest absolute Gasteiger partial charge is 0.480 e. The molecule has 0 aromatic heterocycles. The molecule has 2 fully saturated rings. The van der Waals surface area contributed by atoms with Gasteiger partial charge in [0.1, 0.15) is 6.04 Å². The molecular weight excluding hydrogens is 292 g/mol. The number of carboxylic acids is 1. The summed E-state index contributed by atoms with van der Waals surface area (Å²) < 4.78 is 28.6. The molecule has 0 radical (unpaired) electrons. The second-order valence-electron chi connectivity index (χ2n) is 6.91. The number of carboxylic acid groups (broad SMARTS) is 1. The molecule has 0 saturated carbocycles. The van der Waals surface area contributed by atoms with E-state index in [4.69, 9.17) is 0 Å². The van der Waals surface area contributed by atoms with Crippen molar-refractivity contribution in [3.8, 4) is 0 Å². The highest BCUT2D eigenvalue weighted by Crippen LogP contribution is 2.38. The molecule has 2 atom stereocenters. The molecule has 2 saturated heterocycles. The first-order valence-corrected chi connectivity index (χ1v) is 9.09. The summed E-state index contributed by atoms with van der Waals surface area (Å²) >= 11 is 0. The van der Waals surface area contributed by atoms with E-state index in [0.29, 0.717) is 19.5 Å². The van der Waals surface area contributed by atoms with Crippen LogP contribution in [0.15, 0.2) is 0 Å². The molecule has 6 nitrogen and oxygen atoms in total. The van der Waals surface area contributed by atoms with Crippen molar-refractivity contribution in [1.29, 1.82) is 0 Å². The van der Waals surface area contributed by atoms with Gasteiger partial charge in [0.2, 0.25) is 0 Å². The molecule has 7 heteroatoms. The zero-order valence-electron chi connectivity index (χ0n) is 13.1. The molecule has 21 heavy (non-hydrogen) atoms. The second kappa shape index (κ2) is 5.85. The fourth-order valence-corrected chi connectivity index (χ4v) is 5.79. The van der Waals surface area contributed by atoms with Crippen molar-refractivity contribution in [2.75, 3.05) is 13.1 Å². The van der Waals surface area contributed by atoms with Gasteiger partial charge in [0, 0.05) is 19.1 Å². The minimum atomic E-state index is -3.71. The Hall–Kier alpha value is -0.660. The summed E-state index contributed by atoms with van der Waals surface area (Å²) in [5.41, 5.74) is -0.545. The van der Waals surface area contributed by atoms with Crippen molar-refractivity contribution < 1.29 is 18.3 Å². The van der Waals surface area contributed by atoms with Crippen LogP contribution in [0.1, 0.15) is 52.9 Å². The van der Waals surface area contributed by atoms with Crippen LogP contribution in [-0.4, -0.2) is 53.3 Å². The zero-order valence-corrected chi connectivity index (χ0v) is 13.9. The highest BCUT2D eigenvalue weighted by Gasteiger charge is 2.49. The predicted molar refractivity (Wildman–Crippen MR) is 80.1 cm³/mol. The molecule has 0 aliphatic carbocycles. The van der Waals surface area contributed by atoms with Crippen LogP contribution < -0.4 is 0 Å². The van der Waals surface area contributed by atoms with Crippen molar-refractivity contribution >= 4 is 16.2 Å². The van der Waals surface area contributed by atoms with Crippen LogP contribution in [0.25, 0.3) is 0 Å². The van der Waals surface area contributed by atoms with Gasteiger partial charge >= 0.3 is 5.97 Å². The summed E-state index contributed by atoms with van der Waals surface area (Å²) in [5, 5.41) is 9.55. The Kier molecular flexibility index (Phi) is 4.66. The maximum atomic E-state index is 12.9. The summed E-state index contributed by atoms with van der Waals surface area (Å²) in [6, 6.07) is -1.03. The van der Waals surface area contributed by atoms with E-state index in [1.807, 2.05) is 20.8 Å². The number of nitrogens with zero attached hydrogens (tertiary/aromatic N) is 2. The lowest BCUT2D eigenvalue weighted by molar-refractivity contribution is -0.147.